The van der Waals surface area contributed by atoms with Gasteiger partial charge in [0, 0.05) is 17.6 Å². The minimum atomic E-state index is 0.994. The van der Waals surface area contributed by atoms with Crippen molar-refractivity contribution < 1.29 is 0 Å². The van der Waals surface area contributed by atoms with Crippen LogP contribution in [-0.4, -0.2) is 11.5 Å². The summed E-state index contributed by atoms with van der Waals surface area (Å²) in [4.78, 5) is 5.75. The predicted octanol–water partition coefficient (Wildman–Crippen LogP) is 4.94. The lowest BCUT2D eigenvalue weighted by molar-refractivity contribution is 0.556. The maximum atomic E-state index is 4.38. The van der Waals surface area contributed by atoms with Crippen molar-refractivity contribution in [2.45, 2.75) is 78.2 Å². The number of aromatic nitrogens is 1. The largest absolute Gasteiger partial charge is 0.312 e. The van der Waals surface area contributed by atoms with Crippen LogP contribution in [0.1, 0.15) is 75.1 Å². The maximum Gasteiger partial charge on any atom is 0.0925 e. The quantitative estimate of drug-likeness (QED) is 0.549. The lowest BCUT2D eigenvalue weighted by Gasteiger charge is -2.03. The standard InChI is InChI=1S/C16H30N2S/c1-3-5-6-7-8-9-10-11-12-17-13-15-14-18-16(4-2)19-15/h14,17H,3-13H2,1-2H3. The molecule has 1 N–H and O–H groups in total. The van der Waals surface area contributed by atoms with Crippen molar-refractivity contribution in [2.75, 3.05) is 6.54 Å². The molecule has 110 valence electrons. The molecule has 0 fully saturated rings. The number of rotatable bonds is 12. The summed E-state index contributed by atoms with van der Waals surface area (Å²) in [6.45, 7) is 6.58. The Hall–Kier alpha value is -0.410. The summed E-state index contributed by atoms with van der Waals surface area (Å²) in [6.07, 6.45) is 14.2. The molecule has 1 aromatic heterocycles. The van der Waals surface area contributed by atoms with E-state index < -0.39 is 0 Å². The average molecular weight is 282 g/mol. The van der Waals surface area contributed by atoms with Crippen molar-refractivity contribution in [3.63, 3.8) is 0 Å². The monoisotopic (exact) mass is 282 g/mol. The van der Waals surface area contributed by atoms with Gasteiger partial charge in [0.25, 0.3) is 0 Å². The smallest absolute Gasteiger partial charge is 0.0925 e. The molecule has 0 bridgehead atoms. The van der Waals surface area contributed by atoms with Crippen LogP contribution in [0, 0.1) is 0 Å². The first-order valence-electron chi connectivity index (χ1n) is 8.01. The minimum Gasteiger partial charge on any atom is -0.312 e. The highest BCUT2D eigenvalue weighted by molar-refractivity contribution is 7.11. The van der Waals surface area contributed by atoms with Crippen LogP contribution in [0.5, 0.6) is 0 Å². The molecular formula is C16H30N2S. The van der Waals surface area contributed by atoms with E-state index in [0.717, 1.165) is 19.5 Å². The van der Waals surface area contributed by atoms with Crippen LogP contribution < -0.4 is 5.32 Å². The van der Waals surface area contributed by atoms with Crippen LogP contribution in [0.4, 0.5) is 0 Å². The Morgan fingerprint density at radius 3 is 2.32 bits per heavy atom. The predicted molar refractivity (Wildman–Crippen MR) is 85.8 cm³/mol. The Bertz CT molecular complexity index is 309. The second-order valence-electron chi connectivity index (χ2n) is 5.23. The van der Waals surface area contributed by atoms with Crippen LogP contribution in [-0.2, 0) is 13.0 Å². The molecule has 0 atom stereocenters. The Kier molecular flexibility index (Phi) is 10.0. The third kappa shape index (κ3) is 8.38. The number of unbranched alkanes of at least 4 members (excludes halogenated alkanes) is 7. The highest BCUT2D eigenvalue weighted by atomic mass is 32.1. The number of hydrogen-bond acceptors (Lipinski definition) is 3. The second kappa shape index (κ2) is 11.4. The van der Waals surface area contributed by atoms with Gasteiger partial charge >= 0.3 is 0 Å². The number of nitrogens with zero attached hydrogens (tertiary/aromatic N) is 1. The first-order valence-corrected chi connectivity index (χ1v) is 8.82. The molecule has 0 amide bonds. The summed E-state index contributed by atoms with van der Waals surface area (Å²) in [5.41, 5.74) is 0. The summed E-state index contributed by atoms with van der Waals surface area (Å²) >= 11 is 1.84. The van der Waals surface area contributed by atoms with E-state index in [1.54, 1.807) is 0 Å². The first-order chi connectivity index (χ1) is 9.36. The molecule has 1 heterocycles. The van der Waals surface area contributed by atoms with Crippen molar-refractivity contribution in [1.29, 1.82) is 0 Å². The fourth-order valence-electron chi connectivity index (χ4n) is 2.19. The molecule has 2 nitrogen and oxygen atoms in total. The molecule has 0 aliphatic carbocycles. The van der Waals surface area contributed by atoms with Gasteiger partial charge in [0.2, 0.25) is 0 Å². The Morgan fingerprint density at radius 2 is 1.68 bits per heavy atom. The Morgan fingerprint density at radius 1 is 1.00 bits per heavy atom. The molecule has 0 aromatic carbocycles. The SMILES string of the molecule is CCCCCCCCCCNCc1cnc(CC)s1. The average Bonchev–Trinajstić information content (AvgIpc) is 2.89. The normalized spacial score (nSPS) is 11.1. The van der Waals surface area contributed by atoms with E-state index in [-0.39, 0.29) is 0 Å². The Balaban J connectivity index is 1.86. The van der Waals surface area contributed by atoms with Gasteiger partial charge in [0.05, 0.1) is 5.01 Å². The van der Waals surface area contributed by atoms with Gasteiger partial charge in [-0.1, -0.05) is 58.8 Å². The van der Waals surface area contributed by atoms with E-state index in [1.165, 1.54) is 61.3 Å². The molecule has 19 heavy (non-hydrogen) atoms. The fraction of sp³-hybridized carbons (Fsp3) is 0.812. The van der Waals surface area contributed by atoms with E-state index in [4.69, 9.17) is 0 Å². The number of hydrogen-bond donors (Lipinski definition) is 1. The van der Waals surface area contributed by atoms with Crippen molar-refractivity contribution in [1.82, 2.24) is 10.3 Å². The van der Waals surface area contributed by atoms with Gasteiger partial charge in [-0.05, 0) is 19.4 Å². The van der Waals surface area contributed by atoms with Gasteiger partial charge < -0.3 is 5.32 Å². The molecule has 1 rings (SSSR count). The topological polar surface area (TPSA) is 24.9 Å². The number of thiazole rings is 1. The van der Waals surface area contributed by atoms with Crippen molar-refractivity contribution in [3.05, 3.63) is 16.1 Å². The third-order valence-corrected chi connectivity index (χ3v) is 4.55. The van der Waals surface area contributed by atoms with Crippen molar-refractivity contribution in [3.8, 4) is 0 Å². The molecule has 0 radical (unpaired) electrons. The molecule has 0 saturated heterocycles. The zero-order valence-corrected chi connectivity index (χ0v) is 13.5. The van der Waals surface area contributed by atoms with E-state index in [1.807, 2.05) is 17.5 Å². The van der Waals surface area contributed by atoms with E-state index in [0.29, 0.717) is 0 Å². The summed E-state index contributed by atoms with van der Waals surface area (Å²) in [6, 6.07) is 0. The zero-order chi connectivity index (χ0) is 13.8. The second-order valence-corrected chi connectivity index (χ2v) is 6.43. The Labute approximate surface area is 123 Å². The summed E-state index contributed by atoms with van der Waals surface area (Å²) < 4.78 is 0. The molecule has 3 heteroatoms. The van der Waals surface area contributed by atoms with Crippen LogP contribution >= 0.6 is 11.3 Å². The van der Waals surface area contributed by atoms with Gasteiger partial charge in [-0.2, -0.15) is 0 Å². The van der Waals surface area contributed by atoms with Crippen LogP contribution in [0.15, 0.2) is 6.20 Å². The zero-order valence-electron chi connectivity index (χ0n) is 12.7. The van der Waals surface area contributed by atoms with Gasteiger partial charge in [-0.3, -0.25) is 0 Å². The van der Waals surface area contributed by atoms with Crippen LogP contribution in [0.25, 0.3) is 0 Å². The lowest BCUT2D eigenvalue weighted by Crippen LogP contribution is -2.13. The molecule has 1 aromatic rings. The van der Waals surface area contributed by atoms with E-state index >= 15 is 0 Å². The molecule has 0 saturated carbocycles. The molecule has 0 aliphatic rings. The van der Waals surface area contributed by atoms with Crippen LogP contribution in [0.2, 0.25) is 0 Å². The molecule has 0 aliphatic heterocycles. The van der Waals surface area contributed by atoms with Gasteiger partial charge in [-0.15, -0.1) is 11.3 Å². The molecular weight excluding hydrogens is 252 g/mol. The highest BCUT2D eigenvalue weighted by Crippen LogP contribution is 2.13. The summed E-state index contributed by atoms with van der Waals surface area (Å²) in [5.74, 6) is 0. The molecule has 0 unspecified atom stereocenters. The summed E-state index contributed by atoms with van der Waals surface area (Å²) in [7, 11) is 0. The van der Waals surface area contributed by atoms with Crippen LogP contribution in [0.3, 0.4) is 0 Å². The number of nitrogens with one attached hydrogen (secondary N) is 1. The van der Waals surface area contributed by atoms with E-state index in [9.17, 15) is 0 Å². The van der Waals surface area contributed by atoms with Crippen molar-refractivity contribution in [2.24, 2.45) is 0 Å². The summed E-state index contributed by atoms with van der Waals surface area (Å²) in [5, 5.41) is 4.77. The van der Waals surface area contributed by atoms with Gasteiger partial charge in [-0.25, -0.2) is 4.98 Å². The number of aryl methyl sites for hydroxylation is 1. The van der Waals surface area contributed by atoms with Gasteiger partial charge in [0.1, 0.15) is 0 Å². The fourth-order valence-corrected chi connectivity index (χ4v) is 3.02. The third-order valence-electron chi connectivity index (χ3n) is 3.41. The maximum absolute atomic E-state index is 4.38. The lowest BCUT2D eigenvalue weighted by atomic mass is 10.1. The van der Waals surface area contributed by atoms with E-state index in [2.05, 4.69) is 24.1 Å². The van der Waals surface area contributed by atoms with Crippen molar-refractivity contribution >= 4 is 11.3 Å². The minimum absolute atomic E-state index is 0.994. The van der Waals surface area contributed by atoms with Gasteiger partial charge in [0.15, 0.2) is 0 Å². The highest BCUT2D eigenvalue weighted by Gasteiger charge is 1.99. The first kappa shape index (κ1) is 16.6. The molecule has 0 spiro atoms.